The predicted molar refractivity (Wildman–Crippen MR) is 80.8 cm³/mol. The molecule has 0 heterocycles. The fraction of sp³-hybridized carbons (Fsp3) is 1.00. The minimum Gasteiger partial charge on any atom is -0.793 e. The molecule has 0 aromatic rings. The molecule has 1 atom stereocenters. The van der Waals surface area contributed by atoms with Crippen LogP contribution in [0.5, 0.6) is 0 Å². The maximum absolute atomic E-state index is 12.0. The number of hydrogen-bond donors (Lipinski definition) is 0. The molecule has 6 heteroatoms. The van der Waals surface area contributed by atoms with E-state index in [1.54, 1.807) is 0 Å². The van der Waals surface area contributed by atoms with Gasteiger partial charge in [0.2, 0.25) is 0 Å². The van der Waals surface area contributed by atoms with Gasteiger partial charge in [-0.1, -0.05) is 65.2 Å². The Morgan fingerprint density at radius 3 is 1.89 bits per heavy atom. The molecule has 0 rings (SSSR count). The molecule has 0 fully saturated rings. The molecule has 0 aliphatic carbocycles. The minimum absolute atomic E-state index is 0. The van der Waals surface area contributed by atoms with Crippen molar-refractivity contribution in [3.05, 3.63) is 0 Å². The molecule has 0 bridgehead atoms. The molecule has 106 valence electrons. The van der Waals surface area contributed by atoms with Gasteiger partial charge >= 0.3 is 0 Å². The van der Waals surface area contributed by atoms with Crippen molar-refractivity contribution in [1.29, 1.82) is 0 Å². The Bertz CT molecular complexity index is 214. The van der Waals surface area contributed by atoms with Gasteiger partial charge in [0.25, 0.3) is 0 Å². The molecule has 0 aromatic heterocycles. The van der Waals surface area contributed by atoms with Crippen LogP contribution in [0.15, 0.2) is 0 Å². The summed E-state index contributed by atoms with van der Waals surface area (Å²) in [5.41, 5.74) is -2.85. The van der Waals surface area contributed by atoms with E-state index in [9.17, 15) is 4.89 Å². The Balaban J connectivity index is 0. The molecule has 0 saturated heterocycles. The van der Waals surface area contributed by atoms with Crippen LogP contribution in [-0.2, 0) is 35.8 Å². The second kappa shape index (κ2) is 12.3. The smallest absolute Gasteiger partial charge is 0.0541 e. The van der Waals surface area contributed by atoms with Crippen LogP contribution in [-0.4, -0.2) is 12.4 Å². The van der Waals surface area contributed by atoms with Crippen molar-refractivity contribution < 1.29 is 28.9 Å². The van der Waals surface area contributed by atoms with Gasteiger partial charge in [0.1, 0.15) is 0 Å². The summed E-state index contributed by atoms with van der Waals surface area (Å²) in [4.78, 5) is 12.0. The van der Waals surface area contributed by atoms with Gasteiger partial charge in [-0.15, -0.1) is 11.4 Å². The third kappa shape index (κ3) is 10.3. The largest absolute Gasteiger partial charge is 0.793 e. The predicted octanol–water partition coefficient (Wildman–Crippen LogP) is 4.19. The molecule has 0 aliphatic heterocycles. The first-order valence-corrected chi connectivity index (χ1v) is 10.8. The van der Waals surface area contributed by atoms with Crippen molar-refractivity contribution in [1.82, 2.24) is 0 Å². The van der Waals surface area contributed by atoms with Crippen LogP contribution >= 0.6 is 17.1 Å². The number of hydrogen-bond acceptors (Lipinski definition) is 4. The molecule has 0 amide bonds. The van der Waals surface area contributed by atoms with Gasteiger partial charge in [-0.05, 0) is 11.8 Å². The summed E-state index contributed by atoms with van der Waals surface area (Å²) in [6.07, 6.45) is 4.35. The summed E-state index contributed by atoms with van der Waals surface area (Å²) >= 11 is 6.42. The zero-order valence-corrected chi connectivity index (χ0v) is 17.7. The van der Waals surface area contributed by atoms with Crippen molar-refractivity contribution >= 4 is 28.9 Å². The number of rotatable bonds is 10. The summed E-state index contributed by atoms with van der Waals surface area (Å²) in [6.45, 7) is 9.12. The quantitative estimate of drug-likeness (QED) is 0.431. The Labute approximate surface area is 135 Å². The molecular weight excluding hydrogens is 337 g/mol. The van der Waals surface area contributed by atoms with Crippen molar-refractivity contribution in [3.8, 4) is 0 Å². The second-order valence-electron chi connectivity index (χ2n) is 4.40. The van der Waals surface area contributed by atoms with Crippen molar-refractivity contribution in [2.45, 2.75) is 53.4 Å². The molecule has 18 heavy (non-hydrogen) atoms. The first kappa shape index (κ1) is 21.8. The Hall–Kier alpha value is 1.54. The molecule has 0 spiro atoms. The van der Waals surface area contributed by atoms with Gasteiger partial charge < -0.3 is 9.42 Å². The van der Waals surface area contributed by atoms with Crippen molar-refractivity contribution in [3.63, 3.8) is 0 Å². The monoisotopic (exact) mass is 361 g/mol. The normalized spacial score (nSPS) is 14.6. The molecule has 0 N–H and O–H groups in total. The molecule has 2 nitrogen and oxygen atoms in total. The summed E-state index contributed by atoms with van der Waals surface area (Å²) in [5.74, 6) is 1.95. The maximum atomic E-state index is 12.0. The molecule has 0 saturated carbocycles. The van der Waals surface area contributed by atoms with E-state index < -0.39 is 5.69 Å². The van der Waals surface area contributed by atoms with Crippen LogP contribution in [0.2, 0.25) is 0 Å². The molecule has 0 aliphatic rings. The summed E-state index contributed by atoms with van der Waals surface area (Å²) in [7, 11) is 0. The van der Waals surface area contributed by atoms with Crippen LogP contribution in [0.3, 0.4) is 0 Å². The molecular formula is C12H26O2PS2Zn-. The average Bonchev–Trinajstić information content (AvgIpc) is 2.31. The SMILES string of the molecule is CCC(CC)COP([O-])(=S)SCC(CC)CC.[Zn]. The van der Waals surface area contributed by atoms with Crippen LogP contribution in [0.25, 0.3) is 0 Å². The van der Waals surface area contributed by atoms with Crippen LogP contribution in [0.1, 0.15) is 53.4 Å². The van der Waals surface area contributed by atoms with E-state index in [0.29, 0.717) is 18.4 Å². The second-order valence-corrected chi connectivity index (χ2v) is 10.5. The summed E-state index contributed by atoms with van der Waals surface area (Å²) in [5, 5.41) is 0. The third-order valence-corrected chi connectivity index (χ3v) is 7.63. The van der Waals surface area contributed by atoms with Gasteiger partial charge in [-0.2, -0.15) is 0 Å². The fourth-order valence-corrected chi connectivity index (χ4v) is 5.13. The summed E-state index contributed by atoms with van der Waals surface area (Å²) in [6, 6.07) is 0. The van der Waals surface area contributed by atoms with Crippen molar-refractivity contribution in [2.24, 2.45) is 11.8 Å². The molecule has 0 aromatic carbocycles. The van der Waals surface area contributed by atoms with E-state index >= 15 is 0 Å². The fourth-order valence-electron chi connectivity index (χ4n) is 1.48. The zero-order valence-electron chi connectivity index (χ0n) is 12.2. The van der Waals surface area contributed by atoms with Crippen LogP contribution in [0, 0.1) is 11.8 Å². The van der Waals surface area contributed by atoms with Gasteiger partial charge in [0.15, 0.2) is 0 Å². The standard InChI is InChI=1S/C12H27O2PS2.Zn/c1-5-11(6-2)9-14-15(13,16)17-10-12(7-3)8-4;/h11-12H,5-10H2,1-4H3,(H,13,16);/p-1. The van der Waals surface area contributed by atoms with Gasteiger partial charge in [-0.3, -0.25) is 0 Å². The van der Waals surface area contributed by atoms with E-state index in [2.05, 4.69) is 27.7 Å². The first-order valence-electron chi connectivity index (χ1n) is 6.59. The molecule has 1 unspecified atom stereocenters. The van der Waals surface area contributed by atoms with Crippen molar-refractivity contribution in [2.75, 3.05) is 12.4 Å². The van der Waals surface area contributed by atoms with Gasteiger partial charge in [0.05, 0.1) is 6.61 Å². The van der Waals surface area contributed by atoms with E-state index in [1.807, 2.05) is 0 Å². The van der Waals surface area contributed by atoms with Gasteiger partial charge in [0, 0.05) is 30.9 Å². The first-order chi connectivity index (χ1) is 7.99. The van der Waals surface area contributed by atoms with Crippen LogP contribution < -0.4 is 4.89 Å². The van der Waals surface area contributed by atoms with Gasteiger partial charge in [-0.25, -0.2) is 0 Å². The maximum Gasteiger partial charge on any atom is 0.0541 e. The Kier molecular flexibility index (Phi) is 14.9. The van der Waals surface area contributed by atoms with E-state index in [0.717, 1.165) is 31.4 Å². The topological polar surface area (TPSA) is 32.3 Å². The van der Waals surface area contributed by atoms with E-state index in [1.165, 1.54) is 11.4 Å². The van der Waals surface area contributed by atoms with E-state index in [-0.39, 0.29) is 19.5 Å². The summed E-state index contributed by atoms with van der Waals surface area (Å²) < 4.78 is 5.45. The molecule has 0 radical (unpaired) electrons. The zero-order chi connectivity index (χ0) is 13.3. The third-order valence-electron chi connectivity index (χ3n) is 3.25. The van der Waals surface area contributed by atoms with Crippen LogP contribution in [0.4, 0.5) is 0 Å². The Morgan fingerprint density at radius 2 is 1.50 bits per heavy atom. The minimum atomic E-state index is -2.85. The average molecular weight is 363 g/mol. The van der Waals surface area contributed by atoms with E-state index in [4.69, 9.17) is 16.3 Å². The Morgan fingerprint density at radius 1 is 1.06 bits per heavy atom.